The quantitative estimate of drug-likeness (QED) is 0.141. The highest BCUT2D eigenvalue weighted by atomic mass is 35.5. The molecule has 0 radical (unpaired) electrons. The summed E-state index contributed by atoms with van der Waals surface area (Å²) in [4.78, 5) is 58.8. The molecule has 2 aromatic carbocycles. The van der Waals surface area contributed by atoms with E-state index in [0.717, 1.165) is 5.56 Å². The fourth-order valence-electron chi connectivity index (χ4n) is 7.44. The Kier molecular flexibility index (Phi) is 11.7. The maximum absolute atomic E-state index is 14.7. The van der Waals surface area contributed by atoms with Crippen molar-refractivity contribution in [1.29, 1.82) is 0 Å². The normalized spacial score (nSPS) is 24.5. The molecular weight excluding hydrogens is 634 g/mol. The number of ether oxygens (including phenoxy) is 2. The molecular formula is C37H44ClN3O7. The van der Waals surface area contributed by atoms with Gasteiger partial charge < -0.3 is 29.7 Å². The van der Waals surface area contributed by atoms with Crippen LogP contribution < -0.4 is 10.2 Å². The van der Waals surface area contributed by atoms with Crippen LogP contribution in [0.2, 0.25) is 5.02 Å². The second-order valence-electron chi connectivity index (χ2n) is 12.5. The van der Waals surface area contributed by atoms with Gasteiger partial charge in [-0.3, -0.25) is 19.2 Å². The molecule has 2 bridgehead atoms. The minimum absolute atomic E-state index is 0.0294. The summed E-state index contributed by atoms with van der Waals surface area (Å²) in [6.07, 6.45) is 6.08. The van der Waals surface area contributed by atoms with Crippen molar-refractivity contribution >= 4 is 41.0 Å². The third-order valence-electron chi connectivity index (χ3n) is 9.60. The van der Waals surface area contributed by atoms with Crippen LogP contribution in [0.4, 0.5) is 5.69 Å². The maximum Gasteiger partial charge on any atom is 0.306 e. The van der Waals surface area contributed by atoms with Gasteiger partial charge in [0.05, 0.1) is 34.7 Å². The summed E-state index contributed by atoms with van der Waals surface area (Å²) in [6, 6.07) is 14.6. The Labute approximate surface area is 286 Å². The molecule has 3 saturated heterocycles. The molecule has 11 heteroatoms. The van der Waals surface area contributed by atoms with Crippen molar-refractivity contribution in [2.45, 2.75) is 68.7 Å². The molecule has 5 rings (SSSR count). The lowest BCUT2D eigenvalue weighted by Gasteiger charge is -2.37. The monoisotopic (exact) mass is 677 g/mol. The molecule has 256 valence electrons. The number of esters is 1. The van der Waals surface area contributed by atoms with Gasteiger partial charge in [-0.05, 0) is 56.2 Å². The van der Waals surface area contributed by atoms with E-state index in [2.05, 4.69) is 18.5 Å². The Balaban J connectivity index is 1.45. The number of hydrogen-bond acceptors (Lipinski definition) is 7. The second-order valence-corrected chi connectivity index (χ2v) is 13.0. The molecule has 0 saturated carbocycles. The number of amides is 3. The van der Waals surface area contributed by atoms with Crippen molar-refractivity contribution < 1.29 is 33.8 Å². The van der Waals surface area contributed by atoms with E-state index in [1.807, 2.05) is 30.3 Å². The van der Waals surface area contributed by atoms with Gasteiger partial charge in [0.25, 0.3) is 5.91 Å². The number of nitrogens with zero attached hydrogens (tertiary/aromatic N) is 2. The number of aliphatic hydroxyl groups is 1. The standard InChI is InChI=1S/C37H44ClN3O7/c1-3-5-18-30(43)47-24-27(25-14-8-6-9-15-25)39-34(44)31-29-19-20-37(48-29)32(31)35(45)41(22-12-7-13-23-42)33(37)36(46)40(21-4-2)28-17-11-10-16-26(28)38/h3-4,6,8-11,14-17,27,29,31-33,42H,1-2,5,7,12-13,18-24H2,(H,39,44)/t27-,29-,31+,32+,33-,37+/m1/s1. The largest absolute Gasteiger partial charge is 0.463 e. The van der Waals surface area contributed by atoms with Crippen LogP contribution in [0.3, 0.4) is 0 Å². The highest BCUT2D eigenvalue weighted by Gasteiger charge is 2.74. The van der Waals surface area contributed by atoms with E-state index < -0.39 is 47.5 Å². The van der Waals surface area contributed by atoms with Crippen LogP contribution in [0.25, 0.3) is 0 Å². The third-order valence-corrected chi connectivity index (χ3v) is 9.92. The molecule has 0 unspecified atom stereocenters. The van der Waals surface area contributed by atoms with Crippen LogP contribution in [0.1, 0.15) is 56.6 Å². The van der Waals surface area contributed by atoms with Gasteiger partial charge in [0.1, 0.15) is 18.2 Å². The Morgan fingerprint density at radius 2 is 1.85 bits per heavy atom. The molecule has 3 aliphatic rings. The summed E-state index contributed by atoms with van der Waals surface area (Å²) in [5.74, 6) is -3.18. The van der Waals surface area contributed by atoms with Gasteiger partial charge in [-0.1, -0.05) is 66.2 Å². The first kappa shape index (κ1) is 35.3. The van der Waals surface area contributed by atoms with Crippen LogP contribution in [0, 0.1) is 11.8 Å². The van der Waals surface area contributed by atoms with Crippen molar-refractivity contribution in [3.05, 3.63) is 90.5 Å². The highest BCUT2D eigenvalue weighted by Crippen LogP contribution is 2.59. The molecule has 3 heterocycles. The van der Waals surface area contributed by atoms with Gasteiger partial charge in [-0.15, -0.1) is 13.2 Å². The zero-order chi connectivity index (χ0) is 34.3. The number of rotatable bonds is 17. The zero-order valence-electron chi connectivity index (χ0n) is 27.1. The molecule has 10 nitrogen and oxygen atoms in total. The van der Waals surface area contributed by atoms with Crippen LogP contribution in [-0.2, 0) is 28.7 Å². The number of likely N-dealkylation sites (tertiary alicyclic amines) is 1. The van der Waals surface area contributed by atoms with Crippen LogP contribution >= 0.6 is 11.6 Å². The van der Waals surface area contributed by atoms with Gasteiger partial charge in [-0.2, -0.15) is 0 Å². The van der Waals surface area contributed by atoms with Crippen LogP contribution in [0.15, 0.2) is 79.9 Å². The summed E-state index contributed by atoms with van der Waals surface area (Å²) < 4.78 is 12.2. The summed E-state index contributed by atoms with van der Waals surface area (Å²) >= 11 is 6.56. The number of allylic oxidation sites excluding steroid dienone is 1. The fraction of sp³-hybridized carbons (Fsp3) is 0.459. The van der Waals surface area contributed by atoms with Gasteiger partial charge >= 0.3 is 5.97 Å². The predicted octanol–water partition coefficient (Wildman–Crippen LogP) is 4.76. The molecule has 3 aliphatic heterocycles. The number of unbranched alkanes of at least 4 members (excludes halogenated alkanes) is 2. The number of fused-ring (bicyclic) bond motifs is 1. The Bertz CT molecular complexity index is 1500. The van der Waals surface area contributed by atoms with Gasteiger partial charge in [0, 0.05) is 26.1 Å². The summed E-state index contributed by atoms with van der Waals surface area (Å²) in [5.41, 5.74) is 0.0294. The summed E-state index contributed by atoms with van der Waals surface area (Å²) in [7, 11) is 0. The Morgan fingerprint density at radius 1 is 1.10 bits per heavy atom. The first-order valence-electron chi connectivity index (χ1n) is 16.6. The van der Waals surface area contributed by atoms with E-state index in [9.17, 15) is 24.3 Å². The number of halogens is 1. The maximum atomic E-state index is 14.7. The Morgan fingerprint density at radius 3 is 2.56 bits per heavy atom. The number of nitrogens with one attached hydrogen (secondary N) is 1. The predicted molar refractivity (Wildman–Crippen MR) is 182 cm³/mol. The average Bonchev–Trinajstić information content (AvgIpc) is 3.74. The van der Waals surface area contributed by atoms with Crippen molar-refractivity contribution in [2.24, 2.45) is 11.8 Å². The lowest BCUT2D eigenvalue weighted by Crippen LogP contribution is -2.56. The number of benzene rings is 2. The second kappa shape index (κ2) is 15.9. The molecule has 0 aromatic heterocycles. The Hall–Kier alpha value is -3.99. The molecule has 0 aliphatic carbocycles. The van der Waals surface area contributed by atoms with E-state index >= 15 is 0 Å². The van der Waals surface area contributed by atoms with Crippen molar-refractivity contribution in [2.75, 3.05) is 31.2 Å². The van der Waals surface area contributed by atoms with Gasteiger partial charge in [-0.25, -0.2) is 0 Å². The van der Waals surface area contributed by atoms with Gasteiger partial charge in [0.15, 0.2) is 0 Å². The molecule has 3 amide bonds. The fourth-order valence-corrected chi connectivity index (χ4v) is 7.68. The number of aliphatic hydroxyl groups excluding tert-OH is 1. The average molecular weight is 678 g/mol. The summed E-state index contributed by atoms with van der Waals surface area (Å²) in [6.45, 7) is 7.86. The number of carbonyl (C=O) groups is 4. The third kappa shape index (κ3) is 7.06. The molecule has 1 spiro atoms. The van der Waals surface area contributed by atoms with Gasteiger partial charge in [0.2, 0.25) is 11.8 Å². The van der Waals surface area contributed by atoms with Crippen molar-refractivity contribution in [3.8, 4) is 0 Å². The highest BCUT2D eigenvalue weighted by molar-refractivity contribution is 6.34. The smallest absolute Gasteiger partial charge is 0.306 e. The minimum atomic E-state index is -1.21. The molecule has 3 fully saturated rings. The van der Waals surface area contributed by atoms with Crippen LogP contribution in [0.5, 0.6) is 0 Å². The number of anilines is 1. The van der Waals surface area contributed by atoms with Crippen LogP contribution in [-0.4, -0.2) is 77.7 Å². The number of carbonyl (C=O) groups excluding carboxylic acids is 4. The van der Waals surface area contributed by atoms with E-state index in [-0.39, 0.29) is 44.5 Å². The first-order valence-corrected chi connectivity index (χ1v) is 17.0. The minimum Gasteiger partial charge on any atom is -0.463 e. The van der Waals surface area contributed by atoms with E-state index in [1.165, 1.54) is 4.90 Å². The number of hydrogen-bond donors (Lipinski definition) is 2. The lowest BCUT2D eigenvalue weighted by molar-refractivity contribution is -0.146. The SMILES string of the molecule is C=CCCC(=O)OC[C@@H](NC(=O)[C@@H]1[C@H]2C(=O)N(CCCCCO)[C@H](C(=O)N(CC=C)c3ccccc3Cl)[C@]23CC[C@H]1O3)c1ccccc1. The van der Waals surface area contributed by atoms with Crippen molar-refractivity contribution in [1.82, 2.24) is 10.2 Å². The van der Waals surface area contributed by atoms with Crippen molar-refractivity contribution in [3.63, 3.8) is 0 Å². The summed E-state index contributed by atoms with van der Waals surface area (Å²) in [5, 5.41) is 12.8. The van der Waals surface area contributed by atoms with E-state index in [1.54, 1.807) is 41.3 Å². The number of para-hydroxylation sites is 1. The van der Waals surface area contributed by atoms with E-state index in [0.29, 0.717) is 49.2 Å². The topological polar surface area (TPSA) is 125 Å². The zero-order valence-corrected chi connectivity index (χ0v) is 27.9. The van der Waals surface area contributed by atoms with E-state index in [4.69, 9.17) is 21.1 Å². The molecule has 2 N–H and O–H groups in total. The molecule has 48 heavy (non-hydrogen) atoms. The first-order chi connectivity index (χ1) is 23.3. The molecule has 6 atom stereocenters. The molecule has 2 aromatic rings. The lowest BCUT2D eigenvalue weighted by atomic mass is 9.70.